The Bertz CT molecular complexity index is 563. The van der Waals surface area contributed by atoms with E-state index in [2.05, 4.69) is 75.3 Å². The molecule has 0 aliphatic rings. The van der Waals surface area contributed by atoms with E-state index < -0.39 is 0 Å². The Morgan fingerprint density at radius 2 is 1.89 bits per heavy atom. The molecule has 0 saturated heterocycles. The minimum atomic E-state index is 0.249. The molecule has 0 saturated carbocycles. The van der Waals surface area contributed by atoms with Crippen molar-refractivity contribution in [1.82, 2.24) is 5.32 Å². The Kier molecular flexibility index (Phi) is 4.64. The molecule has 2 aromatic rings. The highest BCUT2D eigenvalue weighted by Gasteiger charge is 2.17. The molecule has 0 radical (unpaired) electrons. The van der Waals surface area contributed by atoms with Gasteiger partial charge in [0.1, 0.15) is 0 Å². The summed E-state index contributed by atoms with van der Waals surface area (Å²) >= 11 is 8.89. The van der Waals surface area contributed by atoms with Crippen molar-refractivity contribution in [3.05, 3.63) is 54.1 Å². The molecular formula is C14H15Br2NS. The molecule has 1 atom stereocenters. The Morgan fingerprint density at radius 1 is 1.17 bits per heavy atom. The van der Waals surface area contributed by atoms with E-state index in [4.69, 9.17) is 0 Å². The summed E-state index contributed by atoms with van der Waals surface area (Å²) in [5.41, 5.74) is 3.90. The number of halogens is 2. The number of benzene rings is 1. The van der Waals surface area contributed by atoms with Crippen LogP contribution in [0, 0.1) is 13.8 Å². The van der Waals surface area contributed by atoms with Crippen LogP contribution < -0.4 is 5.32 Å². The second kappa shape index (κ2) is 5.87. The quantitative estimate of drug-likeness (QED) is 0.761. The molecule has 96 valence electrons. The summed E-state index contributed by atoms with van der Waals surface area (Å²) in [7, 11) is 2.01. The zero-order valence-electron chi connectivity index (χ0n) is 10.6. The standard InChI is InChI=1S/C14H15Br2NS/c1-8-6-10(4-5-12(8)15)14(17-3)11-7-13(16)18-9(11)2/h4-7,14,17H,1-3H3. The molecule has 1 unspecified atom stereocenters. The van der Waals surface area contributed by atoms with Crippen LogP contribution in [0.5, 0.6) is 0 Å². The molecule has 2 rings (SSSR count). The number of thiophene rings is 1. The summed E-state index contributed by atoms with van der Waals surface area (Å²) in [6, 6.07) is 8.98. The molecule has 1 aromatic heterocycles. The van der Waals surface area contributed by atoms with Crippen molar-refractivity contribution in [2.45, 2.75) is 19.9 Å². The maximum absolute atomic E-state index is 3.56. The molecule has 1 N–H and O–H groups in total. The highest BCUT2D eigenvalue weighted by Crippen LogP contribution is 2.34. The summed E-state index contributed by atoms with van der Waals surface area (Å²) < 4.78 is 2.34. The van der Waals surface area contributed by atoms with Gasteiger partial charge in [0.05, 0.1) is 9.83 Å². The third-order valence-electron chi connectivity index (χ3n) is 3.04. The Morgan fingerprint density at radius 3 is 2.39 bits per heavy atom. The third-order valence-corrected chi connectivity index (χ3v) is 5.50. The lowest BCUT2D eigenvalue weighted by atomic mass is 9.98. The minimum absolute atomic E-state index is 0.249. The predicted octanol–water partition coefficient (Wildman–Crippen LogP) is 5.20. The monoisotopic (exact) mass is 387 g/mol. The fourth-order valence-electron chi connectivity index (χ4n) is 2.09. The molecule has 0 aliphatic heterocycles. The lowest BCUT2D eigenvalue weighted by Gasteiger charge is -2.17. The summed E-state index contributed by atoms with van der Waals surface area (Å²) in [5.74, 6) is 0. The van der Waals surface area contributed by atoms with Crippen LogP contribution in [0.1, 0.15) is 27.6 Å². The molecule has 18 heavy (non-hydrogen) atoms. The van der Waals surface area contributed by atoms with E-state index >= 15 is 0 Å². The van der Waals surface area contributed by atoms with Gasteiger partial charge >= 0.3 is 0 Å². The molecule has 4 heteroatoms. The van der Waals surface area contributed by atoms with E-state index in [1.165, 1.54) is 25.4 Å². The van der Waals surface area contributed by atoms with Crippen LogP contribution in [0.2, 0.25) is 0 Å². The molecule has 0 bridgehead atoms. The van der Waals surface area contributed by atoms with Crippen LogP contribution in [0.4, 0.5) is 0 Å². The highest BCUT2D eigenvalue weighted by molar-refractivity contribution is 9.11. The van der Waals surface area contributed by atoms with Gasteiger partial charge in [-0.3, -0.25) is 0 Å². The molecule has 1 aromatic carbocycles. The molecule has 1 heterocycles. The average Bonchev–Trinajstić information content (AvgIpc) is 2.64. The topological polar surface area (TPSA) is 12.0 Å². The Balaban J connectivity index is 2.45. The van der Waals surface area contributed by atoms with Gasteiger partial charge in [-0.2, -0.15) is 0 Å². The zero-order chi connectivity index (χ0) is 13.3. The molecule has 0 spiro atoms. The van der Waals surface area contributed by atoms with E-state index in [9.17, 15) is 0 Å². The van der Waals surface area contributed by atoms with Gasteiger partial charge in [-0.1, -0.05) is 28.1 Å². The molecular weight excluding hydrogens is 374 g/mol. The minimum Gasteiger partial charge on any atom is -0.309 e. The Hall–Kier alpha value is -0.160. The number of hydrogen-bond acceptors (Lipinski definition) is 2. The van der Waals surface area contributed by atoms with Crippen LogP contribution in [-0.2, 0) is 0 Å². The summed E-state index contributed by atoms with van der Waals surface area (Å²) in [6.07, 6.45) is 0. The van der Waals surface area contributed by atoms with Crippen LogP contribution in [-0.4, -0.2) is 7.05 Å². The fourth-order valence-corrected chi connectivity index (χ4v) is 4.09. The van der Waals surface area contributed by atoms with Crippen LogP contribution in [0.3, 0.4) is 0 Å². The van der Waals surface area contributed by atoms with Gasteiger partial charge in [-0.15, -0.1) is 11.3 Å². The van der Waals surface area contributed by atoms with E-state index in [1.807, 2.05) is 7.05 Å². The van der Waals surface area contributed by atoms with E-state index in [-0.39, 0.29) is 6.04 Å². The number of aryl methyl sites for hydroxylation is 2. The summed E-state index contributed by atoms with van der Waals surface area (Å²) in [4.78, 5) is 1.35. The predicted molar refractivity (Wildman–Crippen MR) is 86.5 cm³/mol. The van der Waals surface area contributed by atoms with Crippen molar-refractivity contribution < 1.29 is 0 Å². The smallest absolute Gasteiger partial charge is 0.0704 e. The van der Waals surface area contributed by atoms with Crippen molar-refractivity contribution in [3.63, 3.8) is 0 Å². The fraction of sp³-hybridized carbons (Fsp3) is 0.286. The normalized spacial score (nSPS) is 12.7. The van der Waals surface area contributed by atoms with Gasteiger partial charge in [0.25, 0.3) is 0 Å². The van der Waals surface area contributed by atoms with Gasteiger partial charge in [-0.25, -0.2) is 0 Å². The molecule has 0 aliphatic carbocycles. The van der Waals surface area contributed by atoms with Gasteiger partial charge in [-0.05, 0) is 65.6 Å². The maximum Gasteiger partial charge on any atom is 0.0704 e. The van der Waals surface area contributed by atoms with E-state index in [0.717, 1.165) is 4.47 Å². The first-order valence-corrected chi connectivity index (χ1v) is 8.12. The first-order chi connectivity index (χ1) is 8.52. The van der Waals surface area contributed by atoms with Crippen molar-refractivity contribution in [1.29, 1.82) is 0 Å². The van der Waals surface area contributed by atoms with Crippen LogP contribution in [0.15, 0.2) is 32.5 Å². The SMILES string of the molecule is CNC(c1ccc(Br)c(C)c1)c1cc(Br)sc1C. The second-order valence-corrected chi connectivity index (χ2v) is 7.78. The zero-order valence-corrected chi connectivity index (χ0v) is 14.5. The summed E-state index contributed by atoms with van der Waals surface area (Å²) in [5, 5.41) is 3.41. The van der Waals surface area contributed by atoms with Crippen molar-refractivity contribution in [3.8, 4) is 0 Å². The van der Waals surface area contributed by atoms with Crippen LogP contribution in [0.25, 0.3) is 0 Å². The lowest BCUT2D eigenvalue weighted by Crippen LogP contribution is -2.17. The van der Waals surface area contributed by atoms with Gasteiger partial charge < -0.3 is 5.32 Å². The van der Waals surface area contributed by atoms with Gasteiger partial charge in [0.15, 0.2) is 0 Å². The van der Waals surface area contributed by atoms with E-state index in [1.54, 1.807) is 11.3 Å². The van der Waals surface area contributed by atoms with E-state index in [0.29, 0.717) is 0 Å². The number of rotatable bonds is 3. The summed E-state index contributed by atoms with van der Waals surface area (Å²) in [6.45, 7) is 4.29. The first kappa shape index (κ1) is 14.3. The molecule has 0 amide bonds. The van der Waals surface area contributed by atoms with Crippen molar-refractivity contribution in [2.75, 3.05) is 7.05 Å². The third kappa shape index (κ3) is 2.87. The highest BCUT2D eigenvalue weighted by atomic mass is 79.9. The van der Waals surface area contributed by atoms with Gasteiger partial charge in [0.2, 0.25) is 0 Å². The number of hydrogen-bond donors (Lipinski definition) is 1. The van der Waals surface area contributed by atoms with Crippen molar-refractivity contribution >= 4 is 43.2 Å². The Labute approximate surface area is 129 Å². The van der Waals surface area contributed by atoms with Gasteiger partial charge in [0, 0.05) is 9.35 Å². The second-order valence-electron chi connectivity index (χ2n) is 4.29. The molecule has 0 fully saturated rings. The largest absolute Gasteiger partial charge is 0.309 e. The average molecular weight is 389 g/mol. The molecule has 1 nitrogen and oxygen atoms in total. The maximum atomic E-state index is 3.56. The van der Waals surface area contributed by atoms with Crippen molar-refractivity contribution in [2.24, 2.45) is 0 Å². The van der Waals surface area contributed by atoms with Crippen LogP contribution >= 0.6 is 43.2 Å². The lowest BCUT2D eigenvalue weighted by molar-refractivity contribution is 0.690. The first-order valence-electron chi connectivity index (χ1n) is 5.72. The number of nitrogens with one attached hydrogen (secondary N) is 1.